The quantitative estimate of drug-likeness (QED) is 0.0493. The topological polar surface area (TPSA) is 185 Å². The van der Waals surface area contributed by atoms with Crippen LogP contribution in [0.15, 0.2) is 60.7 Å². The number of aliphatic hydroxyl groups is 2. The number of nitrogens with zero attached hydrogens (tertiary/aromatic N) is 2. The van der Waals surface area contributed by atoms with Gasteiger partial charge >= 0.3 is 0 Å². The SMILES string of the molecule is CC(=O)N[C@@H](Cc1cccc(F)c1)[C@H](O)CN[C@@H]1CC2(CCC2)Oc2c1cc(CC(C)(C)C)nc2OC(C)C.CC(=O)N[C@@H](Cc1cccc(F)c1)[C@H](O)CN[C@H]1CC2(CCC2)Oc2c1cc(CC(C)(C)C)nc2OC(C)C. The molecule has 14 nitrogen and oxygen atoms in total. The largest absolute Gasteiger partial charge is 0.481 e. The van der Waals surface area contributed by atoms with E-state index >= 15 is 0 Å². The van der Waals surface area contributed by atoms with E-state index in [0.717, 1.165) is 86.7 Å². The zero-order valence-electron chi connectivity index (χ0n) is 48.3. The molecule has 428 valence electrons. The van der Waals surface area contributed by atoms with Gasteiger partial charge in [0.05, 0.1) is 36.5 Å². The summed E-state index contributed by atoms with van der Waals surface area (Å²) in [6.07, 6.45) is 7.97. The summed E-state index contributed by atoms with van der Waals surface area (Å²) in [6, 6.07) is 15.4. The first-order valence-electron chi connectivity index (χ1n) is 28.3. The Morgan fingerprint density at radius 1 is 0.641 bits per heavy atom. The first-order chi connectivity index (χ1) is 36.6. The van der Waals surface area contributed by atoms with Gasteiger partial charge in [-0.3, -0.25) is 9.59 Å². The second-order valence-corrected chi connectivity index (χ2v) is 25.5. The minimum Gasteiger partial charge on any atom is -0.481 e. The standard InChI is InChI=1S/2C31H44FN3O4/c2*1-19(2)38-29-28-24(15-23(35-29)16-30(4,5)6)26(17-31(39-28)11-8-12-31)33-18-27(37)25(34-20(3)36)14-21-9-7-10-22(32)13-21/h2*7,9-10,13,15,19,25-27,33,37H,8,11-12,14,16-18H2,1-6H3,(H,34,36)/t25-,26+,27+;25-,26-,27+/m00/s1. The van der Waals surface area contributed by atoms with Crippen molar-refractivity contribution in [3.8, 4) is 23.3 Å². The summed E-state index contributed by atoms with van der Waals surface area (Å²) < 4.78 is 53.1. The number of nitrogens with one attached hydrogen (secondary N) is 4. The second kappa shape index (κ2) is 25.4. The summed E-state index contributed by atoms with van der Waals surface area (Å²) in [4.78, 5) is 33.6. The average Bonchev–Trinajstić information content (AvgIpc) is 3.41. The van der Waals surface area contributed by atoms with Crippen LogP contribution in [0.1, 0.15) is 180 Å². The maximum atomic E-state index is 13.8. The summed E-state index contributed by atoms with van der Waals surface area (Å²) in [5, 5.41) is 35.3. The zero-order valence-corrected chi connectivity index (χ0v) is 48.3. The minimum absolute atomic E-state index is 0.0443. The molecule has 0 unspecified atom stereocenters. The fraction of sp³-hybridized carbons (Fsp3) is 0.613. The first kappa shape index (κ1) is 60.2. The molecule has 16 heteroatoms. The Balaban J connectivity index is 0.000000226. The third-order valence-corrected chi connectivity index (χ3v) is 14.8. The second-order valence-electron chi connectivity index (χ2n) is 25.5. The predicted octanol–water partition coefficient (Wildman–Crippen LogP) is 10.1. The Morgan fingerprint density at radius 2 is 1.01 bits per heavy atom. The van der Waals surface area contributed by atoms with E-state index in [4.69, 9.17) is 28.9 Å². The molecule has 2 spiro atoms. The third-order valence-electron chi connectivity index (χ3n) is 14.8. The third kappa shape index (κ3) is 16.8. The lowest BCUT2D eigenvalue weighted by atomic mass is 9.73. The highest BCUT2D eigenvalue weighted by Crippen LogP contribution is 2.53. The number of hydrogen-bond acceptors (Lipinski definition) is 12. The van der Waals surface area contributed by atoms with Crippen LogP contribution >= 0.6 is 0 Å². The van der Waals surface area contributed by atoms with Gasteiger partial charge in [0.15, 0.2) is 11.5 Å². The van der Waals surface area contributed by atoms with Crippen molar-refractivity contribution in [1.82, 2.24) is 31.2 Å². The molecule has 4 aromatic rings. The van der Waals surface area contributed by atoms with Gasteiger partial charge in [0.25, 0.3) is 11.8 Å². The van der Waals surface area contributed by atoms with Gasteiger partial charge in [0.1, 0.15) is 22.8 Å². The van der Waals surface area contributed by atoms with Gasteiger partial charge in [-0.05, 0) is 150 Å². The maximum Gasteiger partial charge on any atom is 0.257 e. The number of ether oxygens (including phenoxy) is 4. The van der Waals surface area contributed by atoms with Crippen LogP contribution in [-0.4, -0.2) is 92.8 Å². The highest BCUT2D eigenvalue weighted by Gasteiger charge is 2.49. The van der Waals surface area contributed by atoms with Crippen LogP contribution in [-0.2, 0) is 35.3 Å². The van der Waals surface area contributed by atoms with Crippen LogP contribution in [0, 0.1) is 22.5 Å². The Kier molecular flexibility index (Phi) is 19.6. The Labute approximate surface area is 462 Å². The minimum atomic E-state index is -0.886. The van der Waals surface area contributed by atoms with Crippen molar-refractivity contribution >= 4 is 11.8 Å². The molecular formula is C62H88F2N6O8. The summed E-state index contributed by atoms with van der Waals surface area (Å²) in [5.74, 6) is 1.28. The molecule has 4 aliphatic rings. The summed E-state index contributed by atoms with van der Waals surface area (Å²) in [5.41, 5.74) is 4.85. The molecule has 0 radical (unpaired) electrons. The smallest absolute Gasteiger partial charge is 0.257 e. The van der Waals surface area contributed by atoms with Crippen molar-refractivity contribution in [2.45, 2.75) is 220 Å². The van der Waals surface area contributed by atoms with E-state index in [1.807, 2.05) is 27.7 Å². The molecule has 6 N–H and O–H groups in total. The number of amides is 2. The normalized spacial score (nSPS) is 19.6. The molecule has 8 rings (SSSR count). The van der Waals surface area contributed by atoms with Crippen LogP contribution in [0.5, 0.6) is 23.3 Å². The van der Waals surface area contributed by atoms with Gasteiger partial charge in [-0.2, -0.15) is 0 Å². The summed E-state index contributed by atoms with van der Waals surface area (Å²) in [7, 11) is 0. The first-order valence-corrected chi connectivity index (χ1v) is 28.3. The van der Waals surface area contributed by atoms with Gasteiger partial charge in [-0.1, -0.05) is 65.8 Å². The van der Waals surface area contributed by atoms with Crippen molar-refractivity contribution in [3.05, 3.63) is 106 Å². The molecular weight excluding hydrogens is 995 g/mol. The van der Waals surface area contributed by atoms with Crippen molar-refractivity contribution in [2.75, 3.05) is 13.1 Å². The van der Waals surface area contributed by atoms with E-state index in [2.05, 4.69) is 74.9 Å². The van der Waals surface area contributed by atoms with E-state index < -0.39 is 24.3 Å². The number of pyridine rings is 2. The van der Waals surface area contributed by atoms with Crippen molar-refractivity contribution in [1.29, 1.82) is 0 Å². The van der Waals surface area contributed by atoms with Crippen LogP contribution < -0.4 is 40.2 Å². The van der Waals surface area contributed by atoms with Crippen LogP contribution in [0.3, 0.4) is 0 Å². The lowest BCUT2D eigenvalue weighted by molar-refractivity contribution is -0.121. The van der Waals surface area contributed by atoms with Crippen molar-refractivity contribution < 1.29 is 47.5 Å². The van der Waals surface area contributed by atoms with Gasteiger partial charge in [-0.25, -0.2) is 18.7 Å². The summed E-state index contributed by atoms with van der Waals surface area (Å²) in [6.45, 7) is 24.4. The zero-order chi connectivity index (χ0) is 56.7. The number of halogens is 2. The van der Waals surface area contributed by atoms with E-state index in [-0.39, 0.29) is 82.9 Å². The Morgan fingerprint density at radius 3 is 1.31 bits per heavy atom. The Hall–Kier alpha value is -5.42. The Bertz CT molecular complexity index is 2500. The number of aliphatic hydroxyl groups excluding tert-OH is 2. The monoisotopic (exact) mass is 1080 g/mol. The number of fused-ring (bicyclic) bond motifs is 2. The fourth-order valence-corrected chi connectivity index (χ4v) is 11.1. The van der Waals surface area contributed by atoms with E-state index in [9.17, 15) is 28.6 Å². The van der Waals surface area contributed by atoms with Crippen LogP contribution in [0.25, 0.3) is 0 Å². The lowest BCUT2D eigenvalue weighted by Gasteiger charge is -2.48. The molecule has 6 atom stereocenters. The average molecular weight is 1080 g/mol. The van der Waals surface area contributed by atoms with Crippen LogP contribution in [0.4, 0.5) is 8.78 Å². The molecule has 2 aliphatic carbocycles. The van der Waals surface area contributed by atoms with E-state index in [1.165, 1.54) is 38.1 Å². The number of hydrogen-bond donors (Lipinski definition) is 6. The molecule has 78 heavy (non-hydrogen) atoms. The number of aromatic nitrogens is 2. The van der Waals surface area contributed by atoms with Crippen molar-refractivity contribution in [2.24, 2.45) is 10.8 Å². The molecule has 2 saturated carbocycles. The summed E-state index contributed by atoms with van der Waals surface area (Å²) >= 11 is 0. The predicted molar refractivity (Wildman–Crippen MR) is 299 cm³/mol. The van der Waals surface area contributed by atoms with Gasteiger partial charge in [0, 0.05) is 74.4 Å². The number of rotatable bonds is 20. The molecule has 2 aromatic carbocycles. The molecule has 4 heterocycles. The fourth-order valence-electron chi connectivity index (χ4n) is 11.1. The highest BCUT2D eigenvalue weighted by molar-refractivity contribution is 5.73. The molecule has 2 aromatic heterocycles. The van der Waals surface area contributed by atoms with Crippen LogP contribution in [0.2, 0.25) is 0 Å². The highest BCUT2D eigenvalue weighted by atomic mass is 19.1. The van der Waals surface area contributed by atoms with Gasteiger partial charge in [0.2, 0.25) is 11.8 Å². The molecule has 0 saturated heterocycles. The van der Waals surface area contributed by atoms with E-state index in [0.29, 0.717) is 47.2 Å². The number of carbonyl (C=O) groups excluding carboxylic acids is 2. The molecule has 2 fully saturated rings. The number of carbonyl (C=O) groups is 2. The van der Waals surface area contributed by atoms with Crippen molar-refractivity contribution in [3.63, 3.8) is 0 Å². The molecule has 2 aliphatic heterocycles. The number of benzene rings is 2. The van der Waals surface area contributed by atoms with Gasteiger partial charge < -0.3 is 50.4 Å². The maximum absolute atomic E-state index is 13.8. The van der Waals surface area contributed by atoms with Gasteiger partial charge in [-0.15, -0.1) is 0 Å². The molecule has 0 bridgehead atoms. The molecule has 2 amide bonds. The lowest BCUT2D eigenvalue weighted by Crippen LogP contribution is -2.52. The van der Waals surface area contributed by atoms with E-state index in [1.54, 1.807) is 24.3 Å².